The highest BCUT2D eigenvalue weighted by molar-refractivity contribution is 6.04. The van der Waals surface area contributed by atoms with Crippen LogP contribution in [0.2, 0.25) is 0 Å². The van der Waals surface area contributed by atoms with Crippen LogP contribution in [0.1, 0.15) is 42.5 Å². The van der Waals surface area contributed by atoms with Gasteiger partial charge in [0.05, 0.1) is 11.1 Å². The van der Waals surface area contributed by atoms with Crippen LogP contribution in [0.4, 0.5) is 0 Å². The van der Waals surface area contributed by atoms with Crippen molar-refractivity contribution in [3.8, 4) is 0 Å². The molecule has 4 fully saturated rings. The van der Waals surface area contributed by atoms with Gasteiger partial charge in [0.15, 0.2) is 0 Å². The van der Waals surface area contributed by atoms with E-state index in [1.165, 1.54) is 45.2 Å². The van der Waals surface area contributed by atoms with Crippen molar-refractivity contribution in [1.29, 1.82) is 0 Å². The van der Waals surface area contributed by atoms with Crippen LogP contribution in [0.15, 0.2) is 30.6 Å². The number of benzene rings is 1. The summed E-state index contributed by atoms with van der Waals surface area (Å²) in [4.78, 5) is 26.9. The number of aromatic nitrogens is 2. The molecule has 2 aromatic rings. The second-order valence-corrected chi connectivity index (χ2v) is 8.29. The van der Waals surface area contributed by atoms with E-state index in [1.807, 2.05) is 18.2 Å². The Bertz CT molecular complexity index is 813. The molecule has 3 aliphatic heterocycles. The quantitative estimate of drug-likeness (QED) is 0.854. The van der Waals surface area contributed by atoms with E-state index in [-0.39, 0.29) is 5.91 Å². The first-order chi connectivity index (χ1) is 12.8. The van der Waals surface area contributed by atoms with Crippen LogP contribution in [0.3, 0.4) is 0 Å². The van der Waals surface area contributed by atoms with E-state index in [0.717, 1.165) is 30.0 Å². The average Bonchev–Trinajstić information content (AvgIpc) is 2.95. The third-order valence-electron chi connectivity index (χ3n) is 6.56. The molecule has 3 saturated heterocycles. The van der Waals surface area contributed by atoms with Gasteiger partial charge in [-0.15, -0.1) is 0 Å². The second kappa shape index (κ2) is 6.62. The first kappa shape index (κ1) is 16.2. The molecule has 136 valence electrons. The van der Waals surface area contributed by atoms with Crippen LogP contribution in [-0.4, -0.2) is 57.9 Å². The molecule has 26 heavy (non-hydrogen) atoms. The minimum atomic E-state index is 0.124. The monoisotopic (exact) mass is 350 g/mol. The number of fused-ring (bicyclic) bond motifs is 5. The molecule has 1 saturated carbocycles. The van der Waals surface area contributed by atoms with Crippen LogP contribution in [0.25, 0.3) is 11.0 Å². The third kappa shape index (κ3) is 2.88. The second-order valence-electron chi connectivity index (χ2n) is 8.29. The van der Waals surface area contributed by atoms with Gasteiger partial charge in [-0.05, 0) is 49.7 Å². The highest BCUT2D eigenvalue weighted by Gasteiger charge is 2.38. The number of nitrogens with zero attached hydrogens (tertiary/aromatic N) is 4. The van der Waals surface area contributed by atoms with Crippen LogP contribution < -0.4 is 0 Å². The predicted octanol–water partition coefficient (Wildman–Crippen LogP) is 2.97. The summed E-state index contributed by atoms with van der Waals surface area (Å²) in [6.07, 6.45) is 10.0. The number of carbonyl (C=O) groups excluding carboxylic acids is 1. The van der Waals surface area contributed by atoms with Crippen molar-refractivity contribution < 1.29 is 4.79 Å². The summed E-state index contributed by atoms with van der Waals surface area (Å²) in [7, 11) is 0. The molecule has 2 atom stereocenters. The molecule has 0 radical (unpaired) electrons. The summed E-state index contributed by atoms with van der Waals surface area (Å²) in [5, 5.41) is 0. The molecule has 1 aromatic carbocycles. The molecule has 0 unspecified atom stereocenters. The predicted molar refractivity (Wildman–Crippen MR) is 101 cm³/mol. The standard InChI is InChI=1S/C21H26N4O/c26-21(18-5-2-6-19-20(18)23-10-9-22-19)25-13-16-7-8-17(14-25)24(12-16)11-15-3-1-4-15/h2,5-6,9-10,15-17H,1,3-4,7-8,11-14H2/t16-,17-/m0/s1. The van der Waals surface area contributed by atoms with E-state index in [9.17, 15) is 4.79 Å². The van der Waals surface area contributed by atoms with Crippen LogP contribution >= 0.6 is 0 Å². The summed E-state index contributed by atoms with van der Waals surface area (Å²) in [6, 6.07) is 6.27. The fourth-order valence-electron chi connectivity index (χ4n) is 4.91. The van der Waals surface area contributed by atoms with Gasteiger partial charge in [-0.3, -0.25) is 19.7 Å². The molecule has 1 aromatic heterocycles. The van der Waals surface area contributed by atoms with Gasteiger partial charge in [-0.2, -0.15) is 0 Å². The Labute approximate surface area is 154 Å². The van der Waals surface area contributed by atoms with Crippen molar-refractivity contribution in [3.05, 3.63) is 36.2 Å². The smallest absolute Gasteiger partial charge is 0.256 e. The van der Waals surface area contributed by atoms with Crippen molar-refractivity contribution in [2.24, 2.45) is 11.8 Å². The fourth-order valence-corrected chi connectivity index (χ4v) is 4.91. The van der Waals surface area contributed by atoms with E-state index in [2.05, 4.69) is 19.8 Å². The molecular weight excluding hydrogens is 324 g/mol. The Morgan fingerprint density at radius 1 is 1.04 bits per heavy atom. The van der Waals surface area contributed by atoms with E-state index < -0.39 is 0 Å². The van der Waals surface area contributed by atoms with Gasteiger partial charge in [0.1, 0.15) is 5.52 Å². The minimum absolute atomic E-state index is 0.124. The Balaban J connectivity index is 1.39. The Morgan fingerprint density at radius 3 is 2.77 bits per heavy atom. The summed E-state index contributed by atoms with van der Waals surface area (Å²) >= 11 is 0. The van der Waals surface area contributed by atoms with E-state index in [0.29, 0.717) is 17.5 Å². The largest absolute Gasteiger partial charge is 0.337 e. The first-order valence-corrected chi connectivity index (χ1v) is 10.0. The Kier molecular flexibility index (Phi) is 4.12. The number of carbonyl (C=O) groups is 1. The van der Waals surface area contributed by atoms with E-state index in [4.69, 9.17) is 0 Å². The molecule has 6 rings (SSSR count). The van der Waals surface area contributed by atoms with E-state index in [1.54, 1.807) is 12.4 Å². The minimum Gasteiger partial charge on any atom is -0.337 e. The Morgan fingerprint density at radius 2 is 1.92 bits per heavy atom. The lowest BCUT2D eigenvalue weighted by Crippen LogP contribution is -2.47. The lowest BCUT2D eigenvalue weighted by Gasteiger charge is -2.40. The van der Waals surface area contributed by atoms with Gasteiger partial charge < -0.3 is 4.90 Å². The lowest BCUT2D eigenvalue weighted by atomic mass is 9.83. The highest BCUT2D eigenvalue weighted by Crippen LogP contribution is 2.33. The summed E-state index contributed by atoms with van der Waals surface area (Å²) in [6.45, 7) is 4.15. The van der Waals surface area contributed by atoms with Gasteiger partial charge >= 0.3 is 0 Å². The lowest BCUT2D eigenvalue weighted by molar-refractivity contribution is 0.0718. The number of rotatable bonds is 3. The maximum atomic E-state index is 13.3. The van der Waals surface area contributed by atoms with Crippen molar-refractivity contribution >= 4 is 16.9 Å². The van der Waals surface area contributed by atoms with Crippen LogP contribution in [0, 0.1) is 11.8 Å². The molecule has 5 nitrogen and oxygen atoms in total. The number of hydrogen-bond acceptors (Lipinski definition) is 4. The zero-order valence-corrected chi connectivity index (χ0v) is 15.2. The zero-order chi connectivity index (χ0) is 17.5. The van der Waals surface area contributed by atoms with Crippen molar-refractivity contribution in [2.45, 2.75) is 38.1 Å². The number of para-hydroxylation sites is 1. The molecule has 1 amide bonds. The summed E-state index contributed by atoms with van der Waals surface area (Å²) < 4.78 is 0. The SMILES string of the molecule is O=C(c1cccc2nccnc12)N1C[C@H]2CC[C@@H](C1)N(CC1CCC1)C2. The van der Waals surface area contributed by atoms with Gasteiger partial charge in [0.2, 0.25) is 0 Å². The summed E-state index contributed by atoms with van der Waals surface area (Å²) in [5.41, 5.74) is 2.22. The van der Waals surface area contributed by atoms with Crippen molar-refractivity contribution in [3.63, 3.8) is 0 Å². The van der Waals surface area contributed by atoms with Gasteiger partial charge in [0, 0.05) is 44.6 Å². The maximum Gasteiger partial charge on any atom is 0.256 e. The molecular formula is C21H26N4O. The van der Waals surface area contributed by atoms with Gasteiger partial charge in [-0.25, -0.2) is 0 Å². The molecule has 2 bridgehead atoms. The maximum absolute atomic E-state index is 13.3. The number of piperidine rings is 1. The normalized spacial score (nSPS) is 26.7. The number of amides is 1. The highest BCUT2D eigenvalue weighted by atomic mass is 16.2. The molecule has 4 aliphatic rings. The average molecular weight is 350 g/mol. The Hall–Kier alpha value is -2.01. The molecule has 4 heterocycles. The first-order valence-electron chi connectivity index (χ1n) is 10.0. The molecule has 5 heteroatoms. The van der Waals surface area contributed by atoms with Crippen molar-refractivity contribution in [2.75, 3.05) is 26.2 Å². The van der Waals surface area contributed by atoms with Crippen molar-refractivity contribution in [1.82, 2.24) is 19.8 Å². The number of hydrogen-bond donors (Lipinski definition) is 0. The topological polar surface area (TPSA) is 49.3 Å². The molecule has 1 aliphatic carbocycles. The summed E-state index contributed by atoms with van der Waals surface area (Å²) in [5.74, 6) is 1.63. The molecule has 0 spiro atoms. The van der Waals surface area contributed by atoms with E-state index >= 15 is 0 Å². The zero-order valence-electron chi connectivity index (χ0n) is 15.2. The van der Waals surface area contributed by atoms with Gasteiger partial charge in [-0.1, -0.05) is 12.5 Å². The van der Waals surface area contributed by atoms with Crippen LogP contribution in [0.5, 0.6) is 0 Å². The fraction of sp³-hybridized carbons (Fsp3) is 0.571. The van der Waals surface area contributed by atoms with Crippen LogP contribution in [-0.2, 0) is 0 Å². The third-order valence-corrected chi connectivity index (χ3v) is 6.56. The molecule has 0 N–H and O–H groups in total. The van der Waals surface area contributed by atoms with Gasteiger partial charge in [0.25, 0.3) is 5.91 Å².